The van der Waals surface area contributed by atoms with Crippen molar-refractivity contribution in [2.75, 3.05) is 19.6 Å². The smallest absolute Gasteiger partial charge is 0.222 e. The van der Waals surface area contributed by atoms with Crippen LogP contribution in [0.2, 0.25) is 0 Å². The Bertz CT molecular complexity index is 172. The highest BCUT2D eigenvalue weighted by atomic mass is 16.1. The molecular weight excluding hydrogens is 166 g/mol. The number of nitrogens with one attached hydrogen (secondary N) is 2. The van der Waals surface area contributed by atoms with Crippen molar-refractivity contribution in [3.63, 3.8) is 0 Å². The van der Waals surface area contributed by atoms with Crippen LogP contribution in [0.25, 0.3) is 0 Å². The maximum atomic E-state index is 11.1. The molecule has 1 rings (SSSR count). The summed E-state index contributed by atoms with van der Waals surface area (Å²) in [6.45, 7) is 4.82. The minimum Gasteiger partial charge on any atom is -0.369 e. The lowest BCUT2D eigenvalue weighted by atomic mass is 9.94. The first-order valence-electron chi connectivity index (χ1n) is 4.99. The van der Waals surface area contributed by atoms with Crippen LogP contribution in [0.1, 0.15) is 19.8 Å². The second-order valence-electron chi connectivity index (χ2n) is 3.50. The molecule has 2 atom stereocenters. The van der Waals surface area contributed by atoms with Gasteiger partial charge in [0.05, 0.1) is 5.92 Å². The number of carbonyl (C=O) groups is 1. The Kier molecular flexibility index (Phi) is 4.18. The van der Waals surface area contributed by atoms with Gasteiger partial charge in [-0.05, 0) is 32.5 Å². The van der Waals surface area contributed by atoms with E-state index < -0.39 is 0 Å². The summed E-state index contributed by atoms with van der Waals surface area (Å²) in [7, 11) is 0. The molecule has 0 saturated carbocycles. The summed E-state index contributed by atoms with van der Waals surface area (Å²) >= 11 is 0. The number of carbonyl (C=O) groups excluding carboxylic acids is 1. The van der Waals surface area contributed by atoms with Crippen molar-refractivity contribution in [1.82, 2.24) is 10.6 Å². The molecule has 0 spiro atoms. The van der Waals surface area contributed by atoms with Crippen molar-refractivity contribution >= 4 is 5.91 Å². The molecule has 1 fully saturated rings. The minimum atomic E-state index is -0.172. The van der Waals surface area contributed by atoms with E-state index in [1.807, 2.05) is 0 Å². The van der Waals surface area contributed by atoms with Gasteiger partial charge < -0.3 is 16.4 Å². The molecule has 0 aromatic heterocycles. The molecule has 0 aromatic rings. The van der Waals surface area contributed by atoms with E-state index >= 15 is 0 Å². The van der Waals surface area contributed by atoms with Crippen molar-refractivity contribution in [3.05, 3.63) is 0 Å². The third-order valence-electron chi connectivity index (χ3n) is 2.58. The zero-order valence-corrected chi connectivity index (χ0v) is 8.18. The summed E-state index contributed by atoms with van der Waals surface area (Å²) in [5.74, 6) is -0.176. The van der Waals surface area contributed by atoms with Crippen molar-refractivity contribution in [2.45, 2.75) is 25.8 Å². The quantitative estimate of drug-likeness (QED) is 0.552. The number of amides is 1. The van der Waals surface area contributed by atoms with E-state index in [2.05, 4.69) is 17.6 Å². The Labute approximate surface area is 79.3 Å². The van der Waals surface area contributed by atoms with Crippen LogP contribution in [0.5, 0.6) is 0 Å². The van der Waals surface area contributed by atoms with Gasteiger partial charge in [-0.25, -0.2) is 0 Å². The second kappa shape index (κ2) is 5.19. The molecule has 1 heterocycles. The van der Waals surface area contributed by atoms with Gasteiger partial charge in [-0.1, -0.05) is 6.92 Å². The summed E-state index contributed by atoms with van der Waals surface area (Å²) in [4.78, 5) is 11.1. The molecular formula is C9H19N3O. The SMILES string of the molecule is CCNC1CCNCCC1C(N)=O. The molecule has 4 heteroatoms. The zero-order chi connectivity index (χ0) is 9.68. The van der Waals surface area contributed by atoms with Crippen LogP contribution in [0, 0.1) is 5.92 Å². The highest BCUT2D eigenvalue weighted by molar-refractivity contribution is 5.77. The summed E-state index contributed by atoms with van der Waals surface area (Å²) in [6, 6.07) is 0.262. The summed E-state index contributed by atoms with van der Waals surface area (Å²) < 4.78 is 0. The van der Waals surface area contributed by atoms with E-state index in [0.717, 1.165) is 32.5 Å². The summed E-state index contributed by atoms with van der Waals surface area (Å²) in [5.41, 5.74) is 5.35. The van der Waals surface area contributed by atoms with Crippen molar-refractivity contribution < 1.29 is 4.79 Å². The van der Waals surface area contributed by atoms with Gasteiger partial charge in [0, 0.05) is 6.04 Å². The fourth-order valence-corrected chi connectivity index (χ4v) is 1.89. The van der Waals surface area contributed by atoms with Crippen LogP contribution in [0.4, 0.5) is 0 Å². The number of rotatable bonds is 3. The fraction of sp³-hybridized carbons (Fsp3) is 0.889. The Hall–Kier alpha value is -0.610. The first-order chi connectivity index (χ1) is 6.25. The second-order valence-corrected chi connectivity index (χ2v) is 3.50. The highest BCUT2D eigenvalue weighted by Gasteiger charge is 2.26. The summed E-state index contributed by atoms with van der Waals surface area (Å²) in [6.07, 6.45) is 1.84. The molecule has 0 radical (unpaired) electrons. The lowest BCUT2D eigenvalue weighted by molar-refractivity contribution is -0.122. The maximum Gasteiger partial charge on any atom is 0.222 e. The average Bonchev–Trinajstić information content (AvgIpc) is 2.30. The molecule has 1 saturated heterocycles. The summed E-state index contributed by atoms with van der Waals surface area (Å²) in [5, 5.41) is 6.59. The zero-order valence-electron chi connectivity index (χ0n) is 8.18. The molecule has 13 heavy (non-hydrogen) atoms. The highest BCUT2D eigenvalue weighted by Crippen LogP contribution is 2.13. The van der Waals surface area contributed by atoms with E-state index in [1.165, 1.54) is 0 Å². The molecule has 2 unspecified atom stereocenters. The Morgan fingerprint density at radius 2 is 2.23 bits per heavy atom. The van der Waals surface area contributed by atoms with Gasteiger partial charge in [0.2, 0.25) is 5.91 Å². The predicted octanol–water partition coefficient (Wildman–Crippen LogP) is -0.551. The van der Waals surface area contributed by atoms with Gasteiger partial charge in [0.1, 0.15) is 0 Å². The number of hydrogen-bond donors (Lipinski definition) is 3. The van der Waals surface area contributed by atoms with Gasteiger partial charge in [-0.3, -0.25) is 4.79 Å². The number of nitrogens with two attached hydrogens (primary N) is 1. The molecule has 1 amide bonds. The fourth-order valence-electron chi connectivity index (χ4n) is 1.89. The molecule has 4 N–H and O–H groups in total. The van der Waals surface area contributed by atoms with Crippen molar-refractivity contribution in [3.8, 4) is 0 Å². The molecule has 0 aromatic carbocycles. The van der Waals surface area contributed by atoms with Gasteiger partial charge in [-0.2, -0.15) is 0 Å². The van der Waals surface area contributed by atoms with Gasteiger partial charge in [0.15, 0.2) is 0 Å². The molecule has 76 valence electrons. The van der Waals surface area contributed by atoms with Crippen molar-refractivity contribution in [1.29, 1.82) is 0 Å². The third-order valence-corrected chi connectivity index (χ3v) is 2.58. The van der Waals surface area contributed by atoms with Gasteiger partial charge in [0.25, 0.3) is 0 Å². The van der Waals surface area contributed by atoms with E-state index in [9.17, 15) is 4.79 Å². The normalized spacial score (nSPS) is 29.6. The van der Waals surface area contributed by atoms with Gasteiger partial charge >= 0.3 is 0 Å². The van der Waals surface area contributed by atoms with E-state index in [-0.39, 0.29) is 17.9 Å². The minimum absolute atomic E-state index is 0.00468. The van der Waals surface area contributed by atoms with Gasteiger partial charge in [-0.15, -0.1) is 0 Å². The van der Waals surface area contributed by atoms with Crippen LogP contribution in [0.15, 0.2) is 0 Å². The van der Waals surface area contributed by atoms with E-state index in [0.29, 0.717) is 0 Å². The van der Waals surface area contributed by atoms with Crippen molar-refractivity contribution in [2.24, 2.45) is 11.7 Å². The molecule has 1 aliphatic rings. The maximum absolute atomic E-state index is 11.1. The Balaban J connectivity index is 2.55. The standard InChI is InChI=1S/C9H19N3O/c1-2-12-8-4-6-11-5-3-7(8)9(10)13/h7-8,11-12H,2-6H2,1H3,(H2,10,13). The predicted molar refractivity (Wildman–Crippen MR) is 52.3 cm³/mol. The van der Waals surface area contributed by atoms with Crippen LogP contribution in [-0.4, -0.2) is 31.6 Å². The van der Waals surface area contributed by atoms with Crippen LogP contribution < -0.4 is 16.4 Å². The molecule has 4 nitrogen and oxygen atoms in total. The van der Waals surface area contributed by atoms with Crippen LogP contribution >= 0.6 is 0 Å². The molecule has 0 bridgehead atoms. The topological polar surface area (TPSA) is 67.2 Å². The molecule has 0 aliphatic carbocycles. The first kappa shape index (κ1) is 10.5. The third kappa shape index (κ3) is 2.97. The number of hydrogen-bond acceptors (Lipinski definition) is 3. The van der Waals surface area contributed by atoms with Crippen LogP contribution in [-0.2, 0) is 4.79 Å². The lowest BCUT2D eigenvalue weighted by Gasteiger charge is -2.22. The van der Waals surface area contributed by atoms with E-state index in [1.54, 1.807) is 0 Å². The van der Waals surface area contributed by atoms with Crippen LogP contribution in [0.3, 0.4) is 0 Å². The average molecular weight is 185 g/mol. The molecule has 1 aliphatic heterocycles. The lowest BCUT2D eigenvalue weighted by Crippen LogP contribution is -2.42. The number of primary amides is 1. The Morgan fingerprint density at radius 1 is 1.54 bits per heavy atom. The first-order valence-corrected chi connectivity index (χ1v) is 4.99. The Morgan fingerprint density at radius 3 is 2.85 bits per heavy atom. The monoisotopic (exact) mass is 185 g/mol. The largest absolute Gasteiger partial charge is 0.369 e. The van der Waals surface area contributed by atoms with E-state index in [4.69, 9.17) is 5.73 Å².